The van der Waals surface area contributed by atoms with Crippen molar-refractivity contribution in [3.63, 3.8) is 0 Å². The highest BCUT2D eigenvalue weighted by molar-refractivity contribution is 6.80. The van der Waals surface area contributed by atoms with Gasteiger partial charge in [0.15, 0.2) is 0 Å². The lowest BCUT2D eigenvalue weighted by atomic mass is 9.79. The summed E-state index contributed by atoms with van der Waals surface area (Å²) < 4.78 is 19.4. The summed E-state index contributed by atoms with van der Waals surface area (Å²) in [6.45, 7) is 17.2. The van der Waals surface area contributed by atoms with Crippen LogP contribution in [0.25, 0.3) is 0 Å². The van der Waals surface area contributed by atoms with Gasteiger partial charge >= 0.3 is 7.12 Å². The van der Waals surface area contributed by atoms with Crippen LogP contribution in [0, 0.1) is 5.41 Å². The Balaban J connectivity index is 1.93. The van der Waals surface area contributed by atoms with Crippen molar-refractivity contribution in [2.45, 2.75) is 72.7 Å². The monoisotopic (exact) mass is 435 g/mol. The van der Waals surface area contributed by atoms with Gasteiger partial charge in [0.05, 0.1) is 17.3 Å². The third kappa shape index (κ3) is 5.58. The summed E-state index contributed by atoms with van der Waals surface area (Å²) in [5, 5.41) is 2.49. The van der Waals surface area contributed by atoms with Crippen molar-refractivity contribution in [2.24, 2.45) is 5.41 Å². The van der Waals surface area contributed by atoms with Gasteiger partial charge in [-0.15, -0.1) is 0 Å². The fraction of sp³-hybridized carbons (Fsp3) is 0.462. The Labute approximate surface area is 190 Å². The minimum Gasteiger partial charge on any atom is -0.400 e. The maximum absolute atomic E-state index is 6.99. The molecule has 1 aliphatic heterocycles. The molecule has 0 N–H and O–H groups in total. The van der Waals surface area contributed by atoms with E-state index in [0.29, 0.717) is 0 Å². The zero-order chi connectivity index (χ0) is 22.9. The lowest BCUT2D eigenvalue weighted by Crippen LogP contribution is -2.50. The first-order valence-corrected chi connectivity index (χ1v) is 12.5. The fourth-order valence-electron chi connectivity index (χ4n) is 3.81. The first-order chi connectivity index (χ1) is 14.4. The summed E-state index contributed by atoms with van der Waals surface area (Å²) in [4.78, 5) is 0. The Morgan fingerprint density at radius 2 is 1.29 bits per heavy atom. The van der Waals surface area contributed by atoms with Crippen LogP contribution in [0.5, 0.6) is 0 Å². The molecule has 1 heterocycles. The van der Waals surface area contributed by atoms with Gasteiger partial charge in [0, 0.05) is 0 Å². The van der Waals surface area contributed by atoms with Crippen molar-refractivity contribution in [1.82, 2.24) is 0 Å². The summed E-state index contributed by atoms with van der Waals surface area (Å²) in [7, 11) is -1.80. The molecule has 1 aliphatic rings. The van der Waals surface area contributed by atoms with Crippen molar-refractivity contribution >= 4 is 26.5 Å². The van der Waals surface area contributed by atoms with Gasteiger partial charge < -0.3 is 13.7 Å². The Kier molecular flexibility index (Phi) is 7.02. The number of hydrogen-bond acceptors (Lipinski definition) is 3. The highest BCUT2D eigenvalue weighted by atomic mass is 28.3. The van der Waals surface area contributed by atoms with Gasteiger partial charge in [-0.1, -0.05) is 93.0 Å². The first kappa shape index (κ1) is 24.0. The molecule has 165 valence electrons. The SMILES string of the molecule is C/C(=C\B1OC(C)(C)C(C)(C)O1)C(O[Si](c1ccccc1)c1ccccc1)C(C)(C)C. The van der Waals surface area contributed by atoms with Crippen LogP contribution in [0.1, 0.15) is 55.4 Å². The minimum absolute atomic E-state index is 0.0687. The van der Waals surface area contributed by atoms with E-state index in [-0.39, 0.29) is 29.8 Å². The highest BCUT2D eigenvalue weighted by Crippen LogP contribution is 2.38. The van der Waals surface area contributed by atoms with Crippen molar-refractivity contribution in [2.75, 3.05) is 0 Å². The van der Waals surface area contributed by atoms with Gasteiger partial charge in [-0.05, 0) is 50.4 Å². The number of hydrogen-bond donors (Lipinski definition) is 0. The summed E-state index contributed by atoms with van der Waals surface area (Å²) >= 11 is 0. The number of rotatable bonds is 6. The van der Waals surface area contributed by atoms with E-state index in [1.807, 2.05) is 0 Å². The van der Waals surface area contributed by atoms with Gasteiger partial charge in [0.25, 0.3) is 9.04 Å². The van der Waals surface area contributed by atoms with Gasteiger partial charge in [0.2, 0.25) is 0 Å². The molecule has 1 unspecified atom stereocenters. The topological polar surface area (TPSA) is 27.7 Å². The van der Waals surface area contributed by atoms with Crippen LogP contribution >= 0.6 is 0 Å². The molecular weight excluding hydrogens is 399 g/mol. The van der Waals surface area contributed by atoms with Crippen LogP contribution < -0.4 is 10.4 Å². The Morgan fingerprint density at radius 3 is 1.68 bits per heavy atom. The molecule has 2 aromatic carbocycles. The zero-order valence-corrected chi connectivity index (χ0v) is 21.2. The average molecular weight is 435 g/mol. The molecule has 1 fully saturated rings. The highest BCUT2D eigenvalue weighted by Gasteiger charge is 2.50. The molecule has 5 heteroatoms. The third-order valence-corrected chi connectivity index (χ3v) is 8.37. The van der Waals surface area contributed by atoms with Crippen molar-refractivity contribution in [3.05, 3.63) is 72.2 Å². The Bertz CT molecular complexity index is 832. The molecular formula is C26H36BO3Si. The summed E-state index contributed by atoms with van der Waals surface area (Å²) in [6, 6.07) is 21.2. The molecule has 0 bridgehead atoms. The zero-order valence-electron chi connectivity index (χ0n) is 20.2. The minimum atomic E-state index is -1.43. The van der Waals surface area contributed by atoms with E-state index in [0.717, 1.165) is 5.57 Å². The molecule has 1 saturated heterocycles. The molecule has 2 aromatic rings. The molecule has 3 nitrogen and oxygen atoms in total. The summed E-state index contributed by atoms with van der Waals surface area (Å²) in [5.41, 5.74) is 0.356. The lowest BCUT2D eigenvalue weighted by Gasteiger charge is -2.35. The molecule has 3 rings (SSSR count). The maximum atomic E-state index is 6.99. The second kappa shape index (κ2) is 9.07. The lowest BCUT2D eigenvalue weighted by molar-refractivity contribution is 0.00578. The van der Waals surface area contributed by atoms with Gasteiger partial charge in [0.1, 0.15) is 0 Å². The van der Waals surface area contributed by atoms with E-state index in [9.17, 15) is 0 Å². The molecule has 0 aromatic heterocycles. The fourth-order valence-corrected chi connectivity index (χ4v) is 6.18. The van der Waals surface area contributed by atoms with Crippen molar-refractivity contribution < 1.29 is 13.7 Å². The smallest absolute Gasteiger partial charge is 0.400 e. The second-order valence-electron chi connectivity index (χ2n) is 10.5. The van der Waals surface area contributed by atoms with E-state index in [1.54, 1.807) is 0 Å². The van der Waals surface area contributed by atoms with Crippen LogP contribution in [0.2, 0.25) is 0 Å². The predicted octanol–water partition coefficient (Wildman–Crippen LogP) is 4.80. The average Bonchev–Trinajstić information content (AvgIpc) is 2.88. The van der Waals surface area contributed by atoms with Gasteiger partial charge in [-0.25, -0.2) is 0 Å². The normalized spacial score (nSPS) is 19.6. The van der Waals surface area contributed by atoms with Crippen molar-refractivity contribution in [3.8, 4) is 0 Å². The molecule has 0 spiro atoms. The quantitative estimate of drug-likeness (QED) is 0.610. The van der Waals surface area contributed by atoms with Crippen LogP contribution in [0.15, 0.2) is 72.2 Å². The van der Waals surface area contributed by atoms with Gasteiger partial charge in [-0.3, -0.25) is 0 Å². The Hall–Kier alpha value is -1.66. The molecule has 1 atom stereocenters. The van der Waals surface area contributed by atoms with E-state index in [4.69, 9.17) is 13.7 Å². The van der Waals surface area contributed by atoms with Crippen LogP contribution in [0.3, 0.4) is 0 Å². The molecule has 0 aliphatic carbocycles. The molecule has 0 saturated carbocycles. The summed E-state index contributed by atoms with van der Waals surface area (Å²) in [6.07, 6.45) is -0.0687. The molecule has 0 amide bonds. The van der Waals surface area contributed by atoms with E-state index in [1.165, 1.54) is 10.4 Å². The third-order valence-electron chi connectivity index (χ3n) is 6.18. The summed E-state index contributed by atoms with van der Waals surface area (Å²) in [5.74, 6) is 2.10. The molecule has 31 heavy (non-hydrogen) atoms. The van der Waals surface area contributed by atoms with Crippen LogP contribution in [0.4, 0.5) is 0 Å². The Morgan fingerprint density at radius 1 is 0.871 bits per heavy atom. The van der Waals surface area contributed by atoms with Crippen molar-refractivity contribution in [1.29, 1.82) is 0 Å². The largest absolute Gasteiger partial charge is 0.487 e. The molecule has 1 radical (unpaired) electrons. The second-order valence-corrected chi connectivity index (χ2v) is 12.5. The maximum Gasteiger partial charge on any atom is 0.487 e. The van der Waals surface area contributed by atoms with E-state index < -0.39 is 9.04 Å². The van der Waals surface area contributed by atoms with Crippen LogP contribution in [-0.4, -0.2) is 33.5 Å². The van der Waals surface area contributed by atoms with E-state index >= 15 is 0 Å². The predicted molar refractivity (Wildman–Crippen MR) is 132 cm³/mol. The standard InChI is InChI=1S/C26H36BO3Si/c1-20(19-27-29-25(5,6)26(7,8)30-27)23(24(2,3)4)28-31(21-15-11-9-12-16-21)22-17-13-10-14-18-22/h9-19,23H,1-8H3/b20-19+. The number of benzene rings is 2. The van der Waals surface area contributed by atoms with Crippen LogP contribution in [-0.2, 0) is 13.7 Å². The first-order valence-electron chi connectivity index (χ1n) is 11.1. The van der Waals surface area contributed by atoms with E-state index in [2.05, 4.69) is 122 Å². The van der Waals surface area contributed by atoms with Gasteiger partial charge in [-0.2, -0.15) is 0 Å².